The SMILES string of the molecule is COc1ccccc1NS(=O)(=O)c1cccc(C(=O)Nc2nc3c(s2)CCC3)c1. The second-order valence-corrected chi connectivity index (χ2v) is 9.30. The number of hydrogen-bond donors (Lipinski definition) is 2. The van der Waals surface area contributed by atoms with Gasteiger partial charge < -0.3 is 4.74 Å². The maximum atomic E-state index is 12.8. The minimum Gasteiger partial charge on any atom is -0.495 e. The average Bonchev–Trinajstić information content (AvgIpc) is 3.30. The molecule has 0 aliphatic heterocycles. The molecule has 1 heterocycles. The van der Waals surface area contributed by atoms with Crippen LogP contribution in [-0.2, 0) is 22.9 Å². The van der Waals surface area contributed by atoms with Gasteiger partial charge in [0.25, 0.3) is 15.9 Å². The fraction of sp³-hybridized carbons (Fsp3) is 0.200. The number of carbonyl (C=O) groups excluding carboxylic acids is 1. The summed E-state index contributed by atoms with van der Waals surface area (Å²) in [5.41, 5.74) is 1.60. The van der Waals surface area contributed by atoms with Crippen LogP contribution in [-0.4, -0.2) is 26.4 Å². The normalized spacial score (nSPS) is 13.0. The Kier molecular flexibility index (Phi) is 5.25. The Morgan fingerprint density at radius 1 is 1.14 bits per heavy atom. The maximum Gasteiger partial charge on any atom is 0.262 e. The lowest BCUT2D eigenvalue weighted by Gasteiger charge is -2.12. The Bertz CT molecular complexity index is 1150. The number of aryl methyl sites for hydroxylation is 2. The number of nitrogens with zero attached hydrogens (tertiary/aromatic N) is 1. The minimum absolute atomic E-state index is 0.0160. The van der Waals surface area contributed by atoms with Gasteiger partial charge in [0.2, 0.25) is 0 Å². The number of amides is 1. The van der Waals surface area contributed by atoms with Gasteiger partial charge in [0.1, 0.15) is 5.75 Å². The first-order chi connectivity index (χ1) is 14.0. The van der Waals surface area contributed by atoms with E-state index in [4.69, 9.17) is 4.74 Å². The number of hydrogen-bond acceptors (Lipinski definition) is 6. The molecule has 29 heavy (non-hydrogen) atoms. The number of carbonyl (C=O) groups is 1. The molecule has 2 N–H and O–H groups in total. The third-order valence-electron chi connectivity index (χ3n) is 4.57. The van der Waals surface area contributed by atoms with Crippen LogP contribution in [0.5, 0.6) is 5.75 Å². The van der Waals surface area contributed by atoms with Crippen molar-refractivity contribution in [3.63, 3.8) is 0 Å². The first-order valence-corrected chi connectivity index (χ1v) is 11.3. The van der Waals surface area contributed by atoms with Gasteiger partial charge in [-0.3, -0.25) is 14.8 Å². The molecule has 9 heteroatoms. The smallest absolute Gasteiger partial charge is 0.262 e. The number of rotatable bonds is 6. The number of benzene rings is 2. The second kappa shape index (κ2) is 7.84. The molecule has 4 rings (SSSR count). The number of aromatic nitrogens is 1. The van der Waals surface area contributed by atoms with Crippen molar-refractivity contribution in [2.75, 3.05) is 17.1 Å². The van der Waals surface area contributed by atoms with Crippen LogP contribution >= 0.6 is 11.3 Å². The van der Waals surface area contributed by atoms with Crippen molar-refractivity contribution in [1.82, 2.24) is 4.98 Å². The van der Waals surface area contributed by atoms with Crippen LogP contribution in [0.2, 0.25) is 0 Å². The van der Waals surface area contributed by atoms with Crippen molar-refractivity contribution in [2.24, 2.45) is 0 Å². The number of methoxy groups -OCH3 is 1. The first-order valence-electron chi connectivity index (χ1n) is 9.02. The zero-order valence-electron chi connectivity index (χ0n) is 15.6. The van der Waals surface area contributed by atoms with Crippen molar-refractivity contribution in [3.05, 3.63) is 64.7 Å². The lowest BCUT2D eigenvalue weighted by molar-refractivity contribution is 0.102. The lowest BCUT2D eigenvalue weighted by Crippen LogP contribution is -2.16. The van der Waals surface area contributed by atoms with Crippen LogP contribution in [0.25, 0.3) is 0 Å². The molecule has 7 nitrogen and oxygen atoms in total. The van der Waals surface area contributed by atoms with E-state index in [-0.39, 0.29) is 10.5 Å². The maximum absolute atomic E-state index is 12.8. The van der Waals surface area contributed by atoms with Crippen LogP contribution in [0, 0.1) is 0 Å². The quantitative estimate of drug-likeness (QED) is 0.623. The molecule has 1 amide bonds. The van der Waals surface area contributed by atoms with E-state index in [0.717, 1.165) is 25.0 Å². The molecule has 1 aliphatic rings. The molecular formula is C20H19N3O4S2. The van der Waals surface area contributed by atoms with Gasteiger partial charge in [-0.15, -0.1) is 11.3 Å². The number of ether oxygens (including phenoxy) is 1. The van der Waals surface area contributed by atoms with Crippen LogP contribution in [0.1, 0.15) is 27.3 Å². The molecule has 0 radical (unpaired) electrons. The van der Waals surface area contributed by atoms with Gasteiger partial charge in [0.15, 0.2) is 5.13 Å². The predicted molar refractivity (Wildman–Crippen MR) is 112 cm³/mol. The summed E-state index contributed by atoms with van der Waals surface area (Å²) >= 11 is 1.47. The van der Waals surface area contributed by atoms with Gasteiger partial charge in [-0.1, -0.05) is 18.2 Å². The molecule has 0 saturated heterocycles. The summed E-state index contributed by atoms with van der Waals surface area (Å²) in [5.74, 6) is 0.00792. The van der Waals surface area contributed by atoms with Gasteiger partial charge >= 0.3 is 0 Å². The number of para-hydroxylation sites is 2. The summed E-state index contributed by atoms with van der Waals surface area (Å²) in [6, 6.07) is 12.6. The van der Waals surface area contributed by atoms with E-state index in [0.29, 0.717) is 16.6 Å². The molecule has 1 aromatic heterocycles. The molecule has 0 saturated carbocycles. The molecule has 150 valence electrons. The highest BCUT2D eigenvalue weighted by Gasteiger charge is 2.20. The Morgan fingerprint density at radius 2 is 1.97 bits per heavy atom. The van der Waals surface area contributed by atoms with E-state index < -0.39 is 15.9 Å². The van der Waals surface area contributed by atoms with Gasteiger partial charge in [-0.05, 0) is 49.6 Å². The highest BCUT2D eigenvalue weighted by Crippen LogP contribution is 2.31. The van der Waals surface area contributed by atoms with Crippen molar-refractivity contribution in [2.45, 2.75) is 24.2 Å². The number of anilines is 2. The van der Waals surface area contributed by atoms with E-state index in [9.17, 15) is 13.2 Å². The molecule has 0 unspecified atom stereocenters. The van der Waals surface area contributed by atoms with Crippen molar-refractivity contribution in [3.8, 4) is 5.75 Å². The zero-order valence-corrected chi connectivity index (χ0v) is 17.3. The number of nitrogens with one attached hydrogen (secondary N) is 2. The van der Waals surface area contributed by atoms with Crippen molar-refractivity contribution >= 4 is 38.1 Å². The lowest BCUT2D eigenvalue weighted by atomic mass is 10.2. The van der Waals surface area contributed by atoms with Crippen LogP contribution in [0.3, 0.4) is 0 Å². The Morgan fingerprint density at radius 3 is 2.76 bits per heavy atom. The molecule has 0 atom stereocenters. The van der Waals surface area contributed by atoms with E-state index in [1.807, 2.05) is 0 Å². The topological polar surface area (TPSA) is 97.4 Å². The summed E-state index contributed by atoms with van der Waals surface area (Å²) in [6.07, 6.45) is 3.02. The summed E-state index contributed by atoms with van der Waals surface area (Å²) in [6.45, 7) is 0. The molecule has 3 aromatic rings. The zero-order chi connectivity index (χ0) is 20.4. The van der Waals surface area contributed by atoms with E-state index in [1.54, 1.807) is 30.3 Å². The van der Waals surface area contributed by atoms with Crippen LogP contribution in [0.4, 0.5) is 10.8 Å². The molecule has 1 aliphatic carbocycles. The summed E-state index contributed by atoms with van der Waals surface area (Å²) < 4.78 is 33.3. The number of thiazole rings is 1. The van der Waals surface area contributed by atoms with Crippen molar-refractivity contribution < 1.29 is 17.9 Å². The second-order valence-electron chi connectivity index (χ2n) is 6.53. The van der Waals surface area contributed by atoms with Crippen LogP contribution < -0.4 is 14.8 Å². The average molecular weight is 430 g/mol. The third-order valence-corrected chi connectivity index (χ3v) is 7.01. The number of sulfonamides is 1. The van der Waals surface area contributed by atoms with Crippen molar-refractivity contribution in [1.29, 1.82) is 0 Å². The third kappa shape index (κ3) is 4.10. The van der Waals surface area contributed by atoms with E-state index in [2.05, 4.69) is 15.0 Å². The fourth-order valence-electron chi connectivity index (χ4n) is 3.15. The Balaban J connectivity index is 1.54. The standard InChI is InChI=1S/C20H19N3O4S2/c1-27-17-10-3-2-8-15(17)23-29(25,26)14-7-4-6-13(12-14)19(24)22-20-21-16-9-5-11-18(16)28-20/h2-4,6-8,10,12,23H,5,9,11H2,1H3,(H,21,22,24). The monoisotopic (exact) mass is 429 g/mol. The first kappa shape index (κ1) is 19.4. The summed E-state index contributed by atoms with van der Waals surface area (Å²) in [7, 11) is -2.43. The molecule has 0 fully saturated rings. The summed E-state index contributed by atoms with van der Waals surface area (Å²) in [4.78, 5) is 18.2. The predicted octanol–water partition coefficient (Wildman–Crippen LogP) is 3.69. The fourth-order valence-corrected chi connectivity index (χ4v) is 5.31. The summed E-state index contributed by atoms with van der Waals surface area (Å²) in [5, 5.41) is 3.31. The minimum atomic E-state index is -3.90. The highest BCUT2D eigenvalue weighted by molar-refractivity contribution is 7.92. The van der Waals surface area contributed by atoms with E-state index >= 15 is 0 Å². The van der Waals surface area contributed by atoms with Gasteiger partial charge in [-0.25, -0.2) is 13.4 Å². The van der Waals surface area contributed by atoms with E-state index in [1.165, 1.54) is 41.5 Å². The van der Waals surface area contributed by atoms with Gasteiger partial charge in [0, 0.05) is 10.4 Å². The van der Waals surface area contributed by atoms with Gasteiger partial charge in [0.05, 0.1) is 23.4 Å². The Labute approximate surface area is 172 Å². The highest BCUT2D eigenvalue weighted by atomic mass is 32.2. The molecule has 0 spiro atoms. The van der Waals surface area contributed by atoms with Crippen LogP contribution in [0.15, 0.2) is 53.4 Å². The number of fused-ring (bicyclic) bond motifs is 1. The molecular weight excluding hydrogens is 410 g/mol. The van der Waals surface area contributed by atoms with Gasteiger partial charge in [-0.2, -0.15) is 0 Å². The molecule has 2 aromatic carbocycles. The molecule has 0 bridgehead atoms. The Hall–Kier alpha value is -2.91. The largest absolute Gasteiger partial charge is 0.495 e.